The summed E-state index contributed by atoms with van der Waals surface area (Å²) >= 11 is 0. The molecule has 23 heavy (non-hydrogen) atoms. The average Bonchev–Trinajstić information content (AvgIpc) is 3.27. The Morgan fingerprint density at radius 3 is 2.61 bits per heavy atom. The van der Waals surface area contributed by atoms with Crippen LogP contribution in [-0.4, -0.2) is 43.2 Å². The van der Waals surface area contributed by atoms with Crippen molar-refractivity contribution >= 4 is 11.9 Å². The molecule has 8 nitrogen and oxygen atoms in total. The van der Waals surface area contributed by atoms with Gasteiger partial charge in [-0.25, -0.2) is 4.79 Å². The van der Waals surface area contributed by atoms with Crippen molar-refractivity contribution in [1.82, 2.24) is 25.5 Å². The van der Waals surface area contributed by atoms with E-state index in [4.69, 9.17) is 0 Å². The van der Waals surface area contributed by atoms with E-state index in [2.05, 4.69) is 20.7 Å². The molecule has 0 saturated heterocycles. The number of nitrogens with zero attached hydrogens (tertiary/aromatic N) is 4. The molecule has 1 saturated carbocycles. The molecule has 2 unspecified atom stereocenters. The lowest BCUT2D eigenvalue weighted by Gasteiger charge is -2.16. The minimum absolute atomic E-state index is 0.0206. The van der Waals surface area contributed by atoms with Gasteiger partial charge in [-0.2, -0.15) is 4.80 Å². The Balaban J connectivity index is 1.70. The standard InChI is InChI=1S/C15H17N5O3/c1-9(14(21)16-12(15(22)23)10-7-8-10)20-18-13(17-19-20)11-5-3-2-4-6-11/h2-6,9-10,12H,7-8H2,1H3,(H,16,21)(H,22,23). The number of hydrogen-bond acceptors (Lipinski definition) is 5. The second-order valence-electron chi connectivity index (χ2n) is 5.64. The van der Waals surface area contributed by atoms with Gasteiger partial charge in [-0.05, 0) is 30.9 Å². The predicted octanol–water partition coefficient (Wildman–Crippen LogP) is 0.880. The molecule has 1 fully saturated rings. The number of aliphatic carboxylic acids is 1. The maximum atomic E-state index is 12.2. The van der Waals surface area contributed by atoms with E-state index < -0.39 is 24.0 Å². The van der Waals surface area contributed by atoms with E-state index in [0.29, 0.717) is 5.82 Å². The third kappa shape index (κ3) is 3.36. The molecule has 0 aliphatic heterocycles. The summed E-state index contributed by atoms with van der Waals surface area (Å²) < 4.78 is 0. The SMILES string of the molecule is CC(C(=O)NC(C(=O)O)C1CC1)n1nnc(-c2ccccc2)n1. The summed E-state index contributed by atoms with van der Waals surface area (Å²) in [6, 6.07) is 7.72. The van der Waals surface area contributed by atoms with Gasteiger partial charge in [0.2, 0.25) is 11.7 Å². The minimum Gasteiger partial charge on any atom is -0.480 e. The number of rotatable bonds is 6. The topological polar surface area (TPSA) is 110 Å². The molecule has 3 rings (SSSR count). The summed E-state index contributed by atoms with van der Waals surface area (Å²) in [7, 11) is 0. The number of nitrogens with one attached hydrogen (secondary N) is 1. The highest BCUT2D eigenvalue weighted by Gasteiger charge is 2.38. The number of carboxylic acid groups (broad SMARTS) is 1. The number of carboxylic acids is 1. The first-order chi connectivity index (χ1) is 11.1. The summed E-state index contributed by atoms with van der Waals surface area (Å²) in [5.41, 5.74) is 0.799. The molecule has 0 radical (unpaired) electrons. The van der Waals surface area contributed by atoms with Crippen LogP contribution in [0.1, 0.15) is 25.8 Å². The Morgan fingerprint density at radius 2 is 2.00 bits per heavy atom. The number of carbonyl (C=O) groups is 2. The smallest absolute Gasteiger partial charge is 0.326 e. The van der Waals surface area contributed by atoms with Crippen LogP contribution in [0.3, 0.4) is 0 Å². The molecule has 1 aliphatic carbocycles. The van der Waals surface area contributed by atoms with Gasteiger partial charge in [0.15, 0.2) is 0 Å². The normalized spacial score (nSPS) is 16.6. The number of amides is 1. The molecule has 8 heteroatoms. The summed E-state index contributed by atoms with van der Waals surface area (Å²) in [6.45, 7) is 1.61. The zero-order valence-electron chi connectivity index (χ0n) is 12.6. The van der Waals surface area contributed by atoms with Gasteiger partial charge in [-0.1, -0.05) is 30.3 Å². The fraction of sp³-hybridized carbons (Fsp3) is 0.400. The Kier molecular flexibility index (Phi) is 4.05. The maximum absolute atomic E-state index is 12.2. The van der Waals surface area contributed by atoms with Gasteiger partial charge in [0.05, 0.1) is 0 Å². The Bertz CT molecular complexity index is 711. The van der Waals surface area contributed by atoms with Gasteiger partial charge in [0, 0.05) is 5.56 Å². The summed E-state index contributed by atoms with van der Waals surface area (Å²) in [5.74, 6) is -1.000. The molecule has 120 valence electrons. The van der Waals surface area contributed by atoms with Crippen LogP contribution in [0, 0.1) is 5.92 Å². The second kappa shape index (κ2) is 6.15. The molecule has 1 aliphatic rings. The first kappa shape index (κ1) is 15.1. The van der Waals surface area contributed by atoms with Gasteiger partial charge in [-0.3, -0.25) is 4.79 Å². The van der Waals surface area contributed by atoms with Crippen molar-refractivity contribution in [3.05, 3.63) is 30.3 Å². The van der Waals surface area contributed by atoms with Crippen molar-refractivity contribution in [1.29, 1.82) is 0 Å². The van der Waals surface area contributed by atoms with Gasteiger partial charge in [0.25, 0.3) is 0 Å². The predicted molar refractivity (Wildman–Crippen MR) is 80.3 cm³/mol. The average molecular weight is 315 g/mol. The second-order valence-corrected chi connectivity index (χ2v) is 5.64. The van der Waals surface area contributed by atoms with E-state index in [1.807, 2.05) is 30.3 Å². The molecular formula is C15H17N5O3. The molecule has 1 aromatic heterocycles. The molecule has 2 atom stereocenters. The fourth-order valence-corrected chi connectivity index (χ4v) is 2.28. The summed E-state index contributed by atoms with van der Waals surface area (Å²) in [5, 5.41) is 23.8. The summed E-state index contributed by atoms with van der Waals surface area (Å²) in [6.07, 6.45) is 1.65. The van der Waals surface area contributed by atoms with Crippen molar-refractivity contribution in [2.75, 3.05) is 0 Å². The lowest BCUT2D eigenvalue weighted by Crippen LogP contribution is -2.45. The van der Waals surface area contributed by atoms with Crippen molar-refractivity contribution in [2.24, 2.45) is 5.92 Å². The van der Waals surface area contributed by atoms with Crippen LogP contribution in [0.25, 0.3) is 11.4 Å². The van der Waals surface area contributed by atoms with Crippen LogP contribution in [-0.2, 0) is 9.59 Å². The van der Waals surface area contributed by atoms with Crippen LogP contribution in [0.2, 0.25) is 0 Å². The van der Waals surface area contributed by atoms with E-state index in [0.717, 1.165) is 18.4 Å². The first-order valence-corrected chi connectivity index (χ1v) is 7.44. The van der Waals surface area contributed by atoms with E-state index in [-0.39, 0.29) is 5.92 Å². The molecule has 1 heterocycles. The highest BCUT2D eigenvalue weighted by molar-refractivity contribution is 5.86. The fourth-order valence-electron chi connectivity index (χ4n) is 2.28. The highest BCUT2D eigenvalue weighted by Crippen LogP contribution is 2.32. The molecule has 2 aromatic rings. The molecule has 0 spiro atoms. The van der Waals surface area contributed by atoms with Gasteiger partial charge in [0.1, 0.15) is 12.1 Å². The van der Waals surface area contributed by atoms with E-state index >= 15 is 0 Å². The minimum atomic E-state index is -1.01. The van der Waals surface area contributed by atoms with Crippen molar-refractivity contribution in [3.8, 4) is 11.4 Å². The third-order valence-electron chi connectivity index (χ3n) is 3.84. The van der Waals surface area contributed by atoms with Crippen molar-refractivity contribution in [2.45, 2.75) is 31.8 Å². The molecule has 1 amide bonds. The number of carbonyl (C=O) groups excluding carboxylic acids is 1. The van der Waals surface area contributed by atoms with Gasteiger partial charge < -0.3 is 10.4 Å². The Morgan fingerprint density at radius 1 is 1.30 bits per heavy atom. The van der Waals surface area contributed by atoms with Crippen LogP contribution >= 0.6 is 0 Å². The zero-order chi connectivity index (χ0) is 16.4. The number of tetrazole rings is 1. The molecule has 2 N–H and O–H groups in total. The van der Waals surface area contributed by atoms with Crippen molar-refractivity contribution in [3.63, 3.8) is 0 Å². The van der Waals surface area contributed by atoms with Gasteiger partial charge >= 0.3 is 5.97 Å². The van der Waals surface area contributed by atoms with Crippen LogP contribution in [0.4, 0.5) is 0 Å². The molecule has 0 bridgehead atoms. The zero-order valence-corrected chi connectivity index (χ0v) is 12.6. The molecular weight excluding hydrogens is 298 g/mol. The van der Waals surface area contributed by atoms with Crippen LogP contribution in [0.15, 0.2) is 30.3 Å². The van der Waals surface area contributed by atoms with Crippen molar-refractivity contribution < 1.29 is 14.7 Å². The lowest BCUT2D eigenvalue weighted by molar-refractivity contribution is -0.143. The highest BCUT2D eigenvalue weighted by atomic mass is 16.4. The Labute approximate surface area is 132 Å². The van der Waals surface area contributed by atoms with E-state index in [9.17, 15) is 14.7 Å². The van der Waals surface area contributed by atoms with Crippen LogP contribution in [0.5, 0.6) is 0 Å². The quantitative estimate of drug-likeness (QED) is 0.819. The third-order valence-corrected chi connectivity index (χ3v) is 3.84. The number of aromatic nitrogens is 4. The maximum Gasteiger partial charge on any atom is 0.326 e. The Hall–Kier alpha value is -2.77. The molecule has 1 aromatic carbocycles. The van der Waals surface area contributed by atoms with Crippen LogP contribution < -0.4 is 5.32 Å². The van der Waals surface area contributed by atoms with E-state index in [1.54, 1.807) is 6.92 Å². The largest absolute Gasteiger partial charge is 0.480 e. The number of benzene rings is 1. The van der Waals surface area contributed by atoms with E-state index in [1.165, 1.54) is 4.80 Å². The summed E-state index contributed by atoms with van der Waals surface area (Å²) in [4.78, 5) is 24.6. The lowest BCUT2D eigenvalue weighted by atomic mass is 10.1. The monoisotopic (exact) mass is 315 g/mol. The number of hydrogen-bond donors (Lipinski definition) is 2. The van der Waals surface area contributed by atoms with Gasteiger partial charge in [-0.15, -0.1) is 10.2 Å². The first-order valence-electron chi connectivity index (χ1n) is 7.44.